The second-order valence-electron chi connectivity index (χ2n) is 4.92. The largest absolute Gasteiger partial charge is 0.480 e. The molecule has 0 N–H and O–H groups in total. The van der Waals surface area contributed by atoms with Gasteiger partial charge in [0.1, 0.15) is 0 Å². The van der Waals surface area contributed by atoms with Gasteiger partial charge in [0.15, 0.2) is 11.5 Å². The molecule has 1 atom stereocenters. The molecule has 108 valence electrons. The van der Waals surface area contributed by atoms with Crippen LogP contribution >= 0.6 is 0 Å². The lowest BCUT2D eigenvalue weighted by Crippen LogP contribution is -2.14. The Morgan fingerprint density at radius 2 is 2.05 bits per heavy atom. The number of carbonyl (C=O) groups excluding carboxylic acids is 1. The van der Waals surface area contributed by atoms with Crippen molar-refractivity contribution in [3.8, 4) is 11.8 Å². The van der Waals surface area contributed by atoms with E-state index in [9.17, 15) is 4.79 Å². The Morgan fingerprint density at radius 1 is 1.24 bits per heavy atom. The Balaban J connectivity index is 1.97. The number of Topliss-reactive ketones (excluding diaryl/α,β-unsaturated/α-hetero) is 1. The van der Waals surface area contributed by atoms with Gasteiger partial charge in [0.2, 0.25) is 11.8 Å². The molecule has 1 aromatic heterocycles. The molecule has 0 saturated carbocycles. The van der Waals surface area contributed by atoms with Gasteiger partial charge in [-0.1, -0.05) is 24.3 Å². The van der Waals surface area contributed by atoms with Crippen LogP contribution in [-0.4, -0.2) is 30.0 Å². The van der Waals surface area contributed by atoms with E-state index in [-0.39, 0.29) is 23.3 Å². The summed E-state index contributed by atoms with van der Waals surface area (Å²) in [5, 5.41) is 0. The second-order valence-corrected chi connectivity index (χ2v) is 4.92. The Bertz CT molecular complexity index is 685. The van der Waals surface area contributed by atoms with E-state index in [2.05, 4.69) is 16.0 Å². The molecule has 0 saturated heterocycles. The lowest BCUT2D eigenvalue weighted by atomic mass is 9.95. The fourth-order valence-electron chi connectivity index (χ4n) is 2.76. The van der Waals surface area contributed by atoms with E-state index in [0.29, 0.717) is 5.88 Å². The van der Waals surface area contributed by atoms with Crippen molar-refractivity contribution in [3.63, 3.8) is 0 Å². The fraction of sp³-hybridized carbons (Fsp3) is 0.312. The highest BCUT2D eigenvalue weighted by Gasteiger charge is 2.32. The Labute approximate surface area is 123 Å². The first-order valence-corrected chi connectivity index (χ1v) is 6.81. The molecule has 0 radical (unpaired) electrons. The first kappa shape index (κ1) is 13.5. The smallest absolute Gasteiger partial charge is 0.246 e. The molecule has 0 aliphatic heterocycles. The number of fused-ring (bicyclic) bond motifs is 1. The van der Waals surface area contributed by atoms with E-state index in [4.69, 9.17) is 9.47 Å². The molecule has 3 rings (SSSR count). The first-order chi connectivity index (χ1) is 10.2. The molecule has 1 aliphatic carbocycles. The van der Waals surface area contributed by atoms with Gasteiger partial charge >= 0.3 is 0 Å². The van der Waals surface area contributed by atoms with E-state index in [1.54, 1.807) is 0 Å². The number of carbonyl (C=O) groups is 1. The summed E-state index contributed by atoms with van der Waals surface area (Å²) in [5.74, 6) is 0.323. The van der Waals surface area contributed by atoms with E-state index in [0.717, 1.165) is 18.4 Å². The minimum Gasteiger partial charge on any atom is -0.480 e. The van der Waals surface area contributed by atoms with Crippen molar-refractivity contribution in [3.05, 3.63) is 47.3 Å². The van der Waals surface area contributed by atoms with E-state index in [1.165, 1.54) is 26.0 Å². The van der Waals surface area contributed by atoms with E-state index in [1.807, 2.05) is 18.2 Å². The standard InChI is InChI=1S/C16H16N2O3/c1-20-13-9-17-14(16(18-13)21-2)15(19)12-8-7-10-5-3-4-6-11(10)12/h3-6,9,12H,7-8H2,1-2H3. The summed E-state index contributed by atoms with van der Waals surface area (Å²) in [7, 11) is 2.97. The summed E-state index contributed by atoms with van der Waals surface area (Å²) >= 11 is 0. The molecule has 1 aliphatic rings. The lowest BCUT2D eigenvalue weighted by molar-refractivity contribution is 0.0950. The zero-order chi connectivity index (χ0) is 14.8. The molecule has 0 bridgehead atoms. The average molecular weight is 284 g/mol. The first-order valence-electron chi connectivity index (χ1n) is 6.81. The van der Waals surface area contributed by atoms with Gasteiger partial charge in [-0.25, -0.2) is 4.98 Å². The Kier molecular flexibility index (Phi) is 3.56. The monoisotopic (exact) mass is 284 g/mol. The van der Waals surface area contributed by atoms with Crippen molar-refractivity contribution in [1.29, 1.82) is 0 Å². The lowest BCUT2D eigenvalue weighted by Gasteiger charge is -2.12. The van der Waals surface area contributed by atoms with Crippen LogP contribution in [0.3, 0.4) is 0 Å². The molecule has 0 fully saturated rings. The van der Waals surface area contributed by atoms with Crippen molar-refractivity contribution in [2.75, 3.05) is 14.2 Å². The quantitative estimate of drug-likeness (QED) is 0.807. The molecule has 2 aromatic rings. The number of aryl methyl sites for hydroxylation is 1. The van der Waals surface area contributed by atoms with Gasteiger partial charge in [0.05, 0.1) is 20.4 Å². The summed E-state index contributed by atoms with van der Waals surface area (Å²) in [5.41, 5.74) is 2.58. The molecule has 0 amide bonds. The SMILES string of the molecule is COc1cnc(C(=O)C2CCc3ccccc32)c(OC)n1. The zero-order valence-electron chi connectivity index (χ0n) is 12.0. The summed E-state index contributed by atoms with van der Waals surface area (Å²) in [6, 6.07) is 8.04. The fourth-order valence-corrected chi connectivity index (χ4v) is 2.76. The van der Waals surface area contributed by atoms with Crippen LogP contribution in [0.5, 0.6) is 11.8 Å². The maximum absolute atomic E-state index is 12.8. The van der Waals surface area contributed by atoms with Crippen LogP contribution in [0.25, 0.3) is 0 Å². The van der Waals surface area contributed by atoms with E-state index < -0.39 is 0 Å². The molecule has 0 spiro atoms. The van der Waals surface area contributed by atoms with Crippen LogP contribution < -0.4 is 9.47 Å². The van der Waals surface area contributed by atoms with Gasteiger partial charge in [-0.05, 0) is 24.0 Å². The average Bonchev–Trinajstić information content (AvgIpc) is 2.97. The normalized spacial score (nSPS) is 16.4. The highest BCUT2D eigenvalue weighted by atomic mass is 16.5. The number of aromatic nitrogens is 2. The minimum absolute atomic E-state index is 0.0491. The highest BCUT2D eigenvalue weighted by Crippen LogP contribution is 2.36. The number of nitrogens with zero attached hydrogens (tertiary/aromatic N) is 2. The summed E-state index contributed by atoms with van der Waals surface area (Å²) in [6.45, 7) is 0. The third-order valence-corrected chi connectivity index (χ3v) is 3.80. The van der Waals surface area contributed by atoms with Crippen molar-refractivity contribution in [2.24, 2.45) is 0 Å². The number of ketones is 1. The third kappa shape index (κ3) is 2.35. The number of hydrogen-bond donors (Lipinski definition) is 0. The summed E-state index contributed by atoms with van der Waals surface area (Å²) < 4.78 is 10.2. The molecule has 1 unspecified atom stereocenters. The van der Waals surface area contributed by atoms with Gasteiger partial charge in [-0.2, -0.15) is 4.98 Å². The van der Waals surface area contributed by atoms with Crippen LogP contribution in [0.1, 0.15) is 34.0 Å². The van der Waals surface area contributed by atoms with E-state index >= 15 is 0 Å². The van der Waals surface area contributed by atoms with Crippen LogP contribution in [0, 0.1) is 0 Å². The van der Waals surface area contributed by atoms with Crippen LogP contribution in [-0.2, 0) is 6.42 Å². The van der Waals surface area contributed by atoms with Crippen LogP contribution in [0.4, 0.5) is 0 Å². The zero-order valence-corrected chi connectivity index (χ0v) is 12.0. The van der Waals surface area contributed by atoms with Gasteiger partial charge in [-0.15, -0.1) is 0 Å². The van der Waals surface area contributed by atoms with Gasteiger partial charge in [-0.3, -0.25) is 4.79 Å². The van der Waals surface area contributed by atoms with Gasteiger partial charge < -0.3 is 9.47 Å². The maximum Gasteiger partial charge on any atom is 0.246 e. The van der Waals surface area contributed by atoms with Crippen molar-refractivity contribution >= 4 is 5.78 Å². The topological polar surface area (TPSA) is 61.3 Å². The number of methoxy groups -OCH3 is 2. The highest BCUT2D eigenvalue weighted by molar-refractivity contribution is 6.01. The number of hydrogen-bond acceptors (Lipinski definition) is 5. The molecule has 21 heavy (non-hydrogen) atoms. The predicted octanol–water partition coefficient (Wildman–Crippen LogP) is 2.41. The molecule has 1 aromatic carbocycles. The minimum atomic E-state index is -0.169. The van der Waals surface area contributed by atoms with Gasteiger partial charge in [0.25, 0.3) is 0 Å². The Hall–Kier alpha value is -2.43. The molecule has 5 nitrogen and oxygen atoms in total. The third-order valence-electron chi connectivity index (χ3n) is 3.80. The summed E-state index contributed by atoms with van der Waals surface area (Å²) in [6.07, 6.45) is 3.16. The van der Waals surface area contributed by atoms with Crippen molar-refractivity contribution < 1.29 is 14.3 Å². The number of ether oxygens (including phenoxy) is 2. The van der Waals surface area contributed by atoms with Crippen molar-refractivity contribution in [2.45, 2.75) is 18.8 Å². The molecule has 1 heterocycles. The molecular formula is C16H16N2O3. The van der Waals surface area contributed by atoms with Gasteiger partial charge in [0, 0.05) is 5.92 Å². The Morgan fingerprint density at radius 3 is 2.81 bits per heavy atom. The maximum atomic E-state index is 12.8. The van der Waals surface area contributed by atoms with Crippen molar-refractivity contribution in [1.82, 2.24) is 9.97 Å². The number of benzene rings is 1. The predicted molar refractivity (Wildman–Crippen MR) is 77.0 cm³/mol. The summed E-state index contributed by atoms with van der Waals surface area (Å²) in [4.78, 5) is 21.1. The molecular weight excluding hydrogens is 268 g/mol. The van der Waals surface area contributed by atoms with Crippen LogP contribution in [0.15, 0.2) is 30.5 Å². The number of rotatable bonds is 4. The molecule has 5 heteroatoms. The van der Waals surface area contributed by atoms with Crippen LogP contribution in [0.2, 0.25) is 0 Å². The second kappa shape index (κ2) is 5.52.